The molecule has 0 spiro atoms. The van der Waals surface area contributed by atoms with Crippen LogP contribution in [0.3, 0.4) is 0 Å². The van der Waals surface area contributed by atoms with Gasteiger partial charge in [-0.15, -0.1) is 23.4 Å². The van der Waals surface area contributed by atoms with Crippen molar-refractivity contribution in [2.45, 2.75) is 6.36 Å². The van der Waals surface area contributed by atoms with E-state index in [0.29, 0.717) is 48.8 Å². The van der Waals surface area contributed by atoms with Gasteiger partial charge in [0.05, 0.1) is 18.7 Å². The van der Waals surface area contributed by atoms with Crippen LogP contribution in [-0.2, 0) is 4.74 Å². The Balaban J connectivity index is 1.21. The fourth-order valence-electron chi connectivity index (χ4n) is 4.03. The van der Waals surface area contributed by atoms with Crippen LogP contribution >= 0.6 is 0 Å². The monoisotopic (exact) mass is 583 g/mol. The molecule has 1 saturated heterocycles. The van der Waals surface area contributed by atoms with Crippen molar-refractivity contribution in [2.75, 3.05) is 44.7 Å². The Kier molecular flexibility index (Phi) is 8.68. The molecule has 218 valence electrons. The second-order valence-electron chi connectivity index (χ2n) is 9.00. The molecular weight excluding hydrogens is 559 g/mol. The quantitative estimate of drug-likeness (QED) is 0.301. The van der Waals surface area contributed by atoms with Crippen LogP contribution in [0.15, 0.2) is 60.9 Å². The standard InChI is InChI=1S/C27H24F3N7O5/c28-27(29,30)42-18-3-1-17(2-4-18)24(38)34-26-33-21-6-5-19(15-22(21)35-36-26)41-23-7-8-31-16-20(23)25(39)32-9-10-37-11-13-40-14-12-37/h1-8,15-16H,9-14H2,(H,32,39)(H,33,34,36,38). The van der Waals surface area contributed by atoms with E-state index in [1.54, 1.807) is 24.3 Å². The molecule has 5 rings (SSSR count). The third kappa shape index (κ3) is 7.64. The van der Waals surface area contributed by atoms with Gasteiger partial charge in [0.15, 0.2) is 0 Å². The van der Waals surface area contributed by atoms with Crippen LogP contribution in [0.4, 0.5) is 19.1 Å². The van der Waals surface area contributed by atoms with Gasteiger partial charge in [0.25, 0.3) is 11.8 Å². The minimum atomic E-state index is -4.84. The zero-order valence-corrected chi connectivity index (χ0v) is 21.9. The van der Waals surface area contributed by atoms with Gasteiger partial charge in [-0.1, -0.05) is 0 Å². The van der Waals surface area contributed by atoms with E-state index in [2.05, 4.69) is 40.4 Å². The normalized spacial score (nSPS) is 13.9. The van der Waals surface area contributed by atoms with Gasteiger partial charge in [-0.25, -0.2) is 4.98 Å². The topological polar surface area (TPSA) is 141 Å². The SMILES string of the molecule is O=C(Nc1nnc2cc(Oc3ccncc3C(=O)NCCN3CCOCC3)ccc2n1)c1ccc(OC(F)(F)F)cc1. The molecule has 4 aromatic rings. The molecule has 2 N–H and O–H groups in total. The Morgan fingerprint density at radius 1 is 0.952 bits per heavy atom. The Morgan fingerprint density at radius 3 is 2.48 bits per heavy atom. The first-order valence-electron chi connectivity index (χ1n) is 12.8. The fraction of sp³-hybridized carbons (Fsp3) is 0.259. The Labute approximate surface area is 236 Å². The third-order valence-corrected chi connectivity index (χ3v) is 6.07. The lowest BCUT2D eigenvalue weighted by atomic mass is 10.2. The average Bonchev–Trinajstić information content (AvgIpc) is 2.97. The predicted molar refractivity (Wildman–Crippen MR) is 142 cm³/mol. The number of alkyl halides is 3. The van der Waals surface area contributed by atoms with Gasteiger partial charge in [0.2, 0.25) is 5.95 Å². The number of nitrogens with zero attached hydrogens (tertiary/aromatic N) is 5. The second-order valence-corrected chi connectivity index (χ2v) is 9.00. The molecule has 0 unspecified atom stereocenters. The molecule has 12 nitrogen and oxygen atoms in total. The van der Waals surface area contributed by atoms with Crippen molar-refractivity contribution in [2.24, 2.45) is 0 Å². The molecule has 2 amide bonds. The Morgan fingerprint density at radius 2 is 1.71 bits per heavy atom. The number of rotatable bonds is 9. The number of anilines is 1. The van der Waals surface area contributed by atoms with Crippen molar-refractivity contribution in [3.05, 3.63) is 72.1 Å². The highest BCUT2D eigenvalue weighted by Crippen LogP contribution is 2.27. The van der Waals surface area contributed by atoms with Gasteiger partial charge in [0, 0.05) is 50.2 Å². The highest BCUT2D eigenvalue weighted by Gasteiger charge is 2.31. The number of halogens is 3. The maximum atomic E-state index is 12.8. The summed E-state index contributed by atoms with van der Waals surface area (Å²) in [4.78, 5) is 35.8. The molecule has 1 aliphatic heterocycles. The van der Waals surface area contributed by atoms with Gasteiger partial charge >= 0.3 is 6.36 Å². The molecular formula is C27H24F3N7O5. The van der Waals surface area contributed by atoms with Gasteiger partial charge in [-0.05, 0) is 42.5 Å². The molecule has 2 aromatic carbocycles. The molecule has 0 radical (unpaired) electrons. The molecule has 0 bridgehead atoms. The lowest BCUT2D eigenvalue weighted by Gasteiger charge is -2.26. The zero-order chi connectivity index (χ0) is 29.5. The summed E-state index contributed by atoms with van der Waals surface area (Å²) in [5.41, 5.74) is 1.07. The number of hydrogen-bond donors (Lipinski definition) is 2. The number of pyridine rings is 1. The minimum Gasteiger partial charge on any atom is -0.456 e. The zero-order valence-electron chi connectivity index (χ0n) is 21.9. The molecule has 1 aliphatic rings. The van der Waals surface area contributed by atoms with E-state index < -0.39 is 18.0 Å². The molecule has 42 heavy (non-hydrogen) atoms. The minimum absolute atomic E-state index is 0.0651. The maximum Gasteiger partial charge on any atom is 0.573 e. The van der Waals surface area contributed by atoms with E-state index in [1.807, 2.05) is 0 Å². The summed E-state index contributed by atoms with van der Waals surface area (Å²) in [6.45, 7) is 4.16. The molecule has 1 fully saturated rings. The largest absolute Gasteiger partial charge is 0.573 e. The summed E-state index contributed by atoms with van der Waals surface area (Å²) in [5.74, 6) is -0.875. The average molecular weight is 584 g/mol. The summed E-state index contributed by atoms with van der Waals surface area (Å²) in [7, 11) is 0. The number of amides is 2. The molecule has 2 aromatic heterocycles. The number of carbonyl (C=O) groups is 2. The molecule has 15 heteroatoms. The number of benzene rings is 2. The number of nitrogens with one attached hydrogen (secondary N) is 2. The van der Waals surface area contributed by atoms with Gasteiger partial charge in [-0.2, -0.15) is 0 Å². The van der Waals surface area contributed by atoms with Crippen LogP contribution in [0, 0.1) is 0 Å². The molecule has 0 atom stereocenters. The van der Waals surface area contributed by atoms with Crippen LogP contribution in [0.2, 0.25) is 0 Å². The number of fused-ring (bicyclic) bond motifs is 1. The van der Waals surface area contributed by atoms with Crippen LogP contribution in [0.1, 0.15) is 20.7 Å². The van der Waals surface area contributed by atoms with Crippen LogP contribution in [-0.4, -0.2) is 82.6 Å². The number of hydrogen-bond acceptors (Lipinski definition) is 10. The van der Waals surface area contributed by atoms with Gasteiger partial charge in [-0.3, -0.25) is 24.8 Å². The predicted octanol–water partition coefficient (Wildman–Crippen LogP) is 3.43. The van der Waals surface area contributed by atoms with Gasteiger partial charge < -0.3 is 19.5 Å². The Bertz CT molecular complexity index is 1560. The lowest BCUT2D eigenvalue weighted by molar-refractivity contribution is -0.274. The first kappa shape index (κ1) is 28.6. The van der Waals surface area contributed by atoms with Crippen molar-refractivity contribution < 1.29 is 37.0 Å². The van der Waals surface area contributed by atoms with Gasteiger partial charge in [0.1, 0.15) is 28.3 Å². The van der Waals surface area contributed by atoms with E-state index in [0.717, 1.165) is 25.2 Å². The summed E-state index contributed by atoms with van der Waals surface area (Å²) >= 11 is 0. The van der Waals surface area contributed by atoms with Crippen molar-refractivity contribution in [3.8, 4) is 17.2 Å². The summed E-state index contributed by atoms with van der Waals surface area (Å²) < 4.78 is 52.1. The highest BCUT2D eigenvalue weighted by molar-refractivity contribution is 6.03. The highest BCUT2D eigenvalue weighted by atomic mass is 19.4. The summed E-state index contributed by atoms with van der Waals surface area (Å²) in [5, 5.41) is 13.3. The molecule has 0 aliphatic carbocycles. The smallest absolute Gasteiger partial charge is 0.456 e. The second kappa shape index (κ2) is 12.7. The van der Waals surface area contributed by atoms with Crippen LogP contribution in [0.5, 0.6) is 17.2 Å². The van der Waals surface area contributed by atoms with Crippen molar-refractivity contribution in [1.29, 1.82) is 0 Å². The van der Waals surface area contributed by atoms with Crippen LogP contribution < -0.4 is 20.1 Å². The van der Waals surface area contributed by atoms with E-state index in [9.17, 15) is 22.8 Å². The van der Waals surface area contributed by atoms with Crippen molar-refractivity contribution in [1.82, 2.24) is 30.4 Å². The first-order valence-corrected chi connectivity index (χ1v) is 12.8. The van der Waals surface area contributed by atoms with E-state index in [1.165, 1.54) is 24.5 Å². The number of carbonyl (C=O) groups excluding carboxylic acids is 2. The maximum absolute atomic E-state index is 12.8. The Hall–Kier alpha value is -4.89. The molecule has 3 heterocycles. The first-order chi connectivity index (χ1) is 20.2. The van der Waals surface area contributed by atoms with Crippen molar-refractivity contribution >= 4 is 28.8 Å². The summed E-state index contributed by atoms with van der Waals surface area (Å²) in [6.07, 6.45) is -1.90. The van der Waals surface area contributed by atoms with Crippen molar-refractivity contribution in [3.63, 3.8) is 0 Å². The number of ether oxygens (including phenoxy) is 3. The third-order valence-electron chi connectivity index (χ3n) is 6.07. The molecule has 0 saturated carbocycles. The van der Waals surface area contributed by atoms with E-state index in [4.69, 9.17) is 9.47 Å². The fourth-order valence-corrected chi connectivity index (χ4v) is 4.03. The van der Waals surface area contributed by atoms with E-state index >= 15 is 0 Å². The lowest BCUT2D eigenvalue weighted by Crippen LogP contribution is -2.41. The summed E-state index contributed by atoms with van der Waals surface area (Å²) in [6, 6.07) is 10.7. The number of aromatic nitrogens is 4. The number of morpholine rings is 1. The van der Waals surface area contributed by atoms with E-state index in [-0.39, 0.29) is 23.0 Å². The van der Waals surface area contributed by atoms with Crippen LogP contribution in [0.25, 0.3) is 11.0 Å².